The molecule has 4 N–H and O–H groups in total. The lowest BCUT2D eigenvalue weighted by Gasteiger charge is -2.46. The van der Waals surface area contributed by atoms with E-state index < -0.39 is 17.6 Å². The Kier molecular flexibility index (Phi) is 7.05. The van der Waals surface area contributed by atoms with E-state index in [0.717, 1.165) is 22.0 Å². The van der Waals surface area contributed by atoms with Crippen LogP contribution >= 0.6 is 0 Å². The SMILES string of the molecule is C=C1CC2C=CCC(C)C=C(C)C(O)C(O)C=CC(=O)C23C(=O)NC(Cc2c[nH]c4ccccc24)C3C1C. The van der Waals surface area contributed by atoms with Gasteiger partial charge in [-0.2, -0.15) is 0 Å². The maximum absolute atomic E-state index is 14.2. The van der Waals surface area contributed by atoms with Gasteiger partial charge in [-0.3, -0.25) is 9.59 Å². The van der Waals surface area contributed by atoms with E-state index >= 15 is 0 Å². The van der Waals surface area contributed by atoms with Crippen molar-refractivity contribution in [2.45, 2.75) is 58.3 Å². The fourth-order valence-corrected chi connectivity index (χ4v) is 7.05. The summed E-state index contributed by atoms with van der Waals surface area (Å²) in [5.74, 6) is -1.17. The average Bonchev–Trinajstić information content (AvgIpc) is 3.43. The first-order chi connectivity index (χ1) is 18.1. The number of fused-ring (bicyclic) bond motifs is 1. The Morgan fingerprint density at radius 1 is 1.13 bits per heavy atom. The number of benzene rings is 1. The van der Waals surface area contributed by atoms with E-state index in [1.807, 2.05) is 43.5 Å². The number of para-hydroxylation sites is 1. The third kappa shape index (κ3) is 4.30. The molecule has 1 saturated heterocycles. The molecule has 1 aromatic carbocycles. The maximum atomic E-state index is 14.2. The number of carbonyl (C=O) groups excluding carboxylic acids is 2. The lowest BCUT2D eigenvalue weighted by molar-refractivity contribution is -0.144. The van der Waals surface area contributed by atoms with E-state index in [0.29, 0.717) is 24.8 Å². The molecule has 3 aliphatic rings. The number of nitrogens with one attached hydrogen (secondary N) is 2. The van der Waals surface area contributed by atoms with Crippen molar-refractivity contribution in [1.29, 1.82) is 0 Å². The fraction of sp³-hybridized carbons (Fsp3) is 0.438. The molecule has 8 unspecified atom stereocenters. The number of allylic oxidation sites excluding steroid dienone is 5. The first kappa shape index (κ1) is 26.4. The zero-order valence-electron chi connectivity index (χ0n) is 22.4. The number of aliphatic hydroxyl groups is 2. The molecule has 1 spiro atoms. The summed E-state index contributed by atoms with van der Waals surface area (Å²) in [5, 5.41) is 25.6. The van der Waals surface area contributed by atoms with Gasteiger partial charge < -0.3 is 20.5 Å². The molecule has 8 atom stereocenters. The molecule has 1 amide bonds. The Labute approximate surface area is 224 Å². The summed E-state index contributed by atoms with van der Waals surface area (Å²) in [6.07, 6.45) is 10.2. The summed E-state index contributed by atoms with van der Waals surface area (Å²) < 4.78 is 0. The Morgan fingerprint density at radius 2 is 1.89 bits per heavy atom. The molecule has 1 aliphatic heterocycles. The standard InChI is InChI=1S/C32H38N2O4/c1-18-8-7-9-23-15-19(2)21(4)29-26(16-22-17-33-25-11-6-5-10-24(22)25)34-31(38)32(23,29)28(36)13-12-27(35)30(37)20(3)14-18/h5-7,9-14,17-18,21,23,26-27,29-30,33,35,37H,2,8,15-16H2,1,3-4H3,(H,34,38). The van der Waals surface area contributed by atoms with E-state index in [2.05, 4.69) is 35.9 Å². The number of hydrogen-bond acceptors (Lipinski definition) is 4. The van der Waals surface area contributed by atoms with Crippen molar-refractivity contribution < 1.29 is 19.8 Å². The third-order valence-electron chi connectivity index (χ3n) is 9.08. The predicted molar refractivity (Wildman–Crippen MR) is 149 cm³/mol. The molecule has 2 aliphatic carbocycles. The highest BCUT2D eigenvalue weighted by Crippen LogP contribution is 2.56. The van der Waals surface area contributed by atoms with Crippen molar-refractivity contribution in [2.75, 3.05) is 0 Å². The van der Waals surface area contributed by atoms with Crippen LogP contribution in [0.3, 0.4) is 0 Å². The van der Waals surface area contributed by atoms with Crippen molar-refractivity contribution >= 4 is 22.6 Å². The van der Waals surface area contributed by atoms with Gasteiger partial charge in [0.05, 0.1) is 0 Å². The van der Waals surface area contributed by atoms with Crippen LogP contribution in [-0.4, -0.2) is 45.1 Å². The molecule has 38 heavy (non-hydrogen) atoms. The number of rotatable bonds is 2. The summed E-state index contributed by atoms with van der Waals surface area (Å²) in [6, 6.07) is 7.83. The molecular weight excluding hydrogens is 476 g/mol. The Hall–Kier alpha value is -3.22. The molecule has 0 radical (unpaired) electrons. The number of amides is 1. The maximum Gasteiger partial charge on any atom is 0.235 e. The molecule has 2 aromatic rings. The zero-order valence-corrected chi connectivity index (χ0v) is 22.4. The Morgan fingerprint density at radius 3 is 2.68 bits per heavy atom. The second-order valence-corrected chi connectivity index (χ2v) is 11.5. The number of aromatic amines is 1. The third-order valence-corrected chi connectivity index (χ3v) is 9.08. The van der Waals surface area contributed by atoms with Crippen molar-refractivity contribution in [3.63, 3.8) is 0 Å². The lowest BCUT2D eigenvalue weighted by Crippen LogP contribution is -2.53. The molecule has 1 aromatic heterocycles. The fourth-order valence-electron chi connectivity index (χ4n) is 7.05. The van der Waals surface area contributed by atoms with Crippen molar-refractivity contribution in [1.82, 2.24) is 10.3 Å². The molecule has 6 nitrogen and oxygen atoms in total. The van der Waals surface area contributed by atoms with Crippen LogP contribution < -0.4 is 5.32 Å². The number of H-pyrrole nitrogens is 1. The van der Waals surface area contributed by atoms with Crippen molar-refractivity contribution in [3.8, 4) is 0 Å². The van der Waals surface area contributed by atoms with E-state index in [1.165, 1.54) is 12.2 Å². The molecule has 5 rings (SSSR count). The molecule has 1 saturated carbocycles. The first-order valence-electron chi connectivity index (χ1n) is 13.6. The van der Waals surface area contributed by atoms with Crippen LogP contribution in [-0.2, 0) is 16.0 Å². The highest BCUT2D eigenvalue weighted by atomic mass is 16.3. The average molecular weight is 515 g/mol. The monoisotopic (exact) mass is 514 g/mol. The summed E-state index contributed by atoms with van der Waals surface area (Å²) in [5.41, 5.74) is 2.52. The highest BCUT2D eigenvalue weighted by Gasteiger charge is 2.65. The molecule has 0 bridgehead atoms. The van der Waals surface area contributed by atoms with Gasteiger partial charge in [0, 0.05) is 35.0 Å². The summed E-state index contributed by atoms with van der Waals surface area (Å²) >= 11 is 0. The van der Waals surface area contributed by atoms with Crippen LogP contribution in [0.2, 0.25) is 0 Å². The van der Waals surface area contributed by atoms with E-state index in [1.54, 1.807) is 6.92 Å². The minimum atomic E-state index is -1.31. The van der Waals surface area contributed by atoms with Crippen molar-refractivity contribution in [2.24, 2.45) is 29.1 Å². The predicted octanol–water partition coefficient (Wildman–Crippen LogP) is 4.41. The minimum absolute atomic E-state index is 0.0554. The van der Waals surface area contributed by atoms with Gasteiger partial charge in [0.1, 0.15) is 17.6 Å². The quantitative estimate of drug-likeness (QED) is 0.352. The normalized spacial score (nSPS) is 36.1. The van der Waals surface area contributed by atoms with Gasteiger partial charge in [0.2, 0.25) is 5.91 Å². The van der Waals surface area contributed by atoms with Gasteiger partial charge in [-0.25, -0.2) is 0 Å². The molecule has 6 heteroatoms. The van der Waals surface area contributed by atoms with Crippen LogP contribution in [0.4, 0.5) is 0 Å². The minimum Gasteiger partial charge on any atom is -0.386 e. The van der Waals surface area contributed by atoms with Gasteiger partial charge in [0.15, 0.2) is 5.78 Å². The van der Waals surface area contributed by atoms with Crippen LogP contribution in [0.25, 0.3) is 10.9 Å². The van der Waals surface area contributed by atoms with Crippen LogP contribution in [0.1, 0.15) is 39.2 Å². The van der Waals surface area contributed by atoms with Crippen molar-refractivity contribution in [3.05, 3.63) is 84.1 Å². The van der Waals surface area contributed by atoms with E-state index in [4.69, 9.17) is 0 Å². The molecule has 200 valence electrons. The largest absolute Gasteiger partial charge is 0.386 e. The number of ketones is 1. The molecule has 2 heterocycles. The van der Waals surface area contributed by atoms with Crippen LogP contribution in [0.5, 0.6) is 0 Å². The summed E-state index contributed by atoms with van der Waals surface area (Å²) in [6.45, 7) is 10.3. The van der Waals surface area contributed by atoms with Gasteiger partial charge in [0.25, 0.3) is 0 Å². The second kappa shape index (κ2) is 10.2. The first-order valence-corrected chi connectivity index (χ1v) is 13.6. The van der Waals surface area contributed by atoms with Crippen LogP contribution in [0.15, 0.2) is 78.6 Å². The Bertz CT molecular complexity index is 1350. The highest BCUT2D eigenvalue weighted by molar-refractivity contribution is 6.13. The summed E-state index contributed by atoms with van der Waals surface area (Å²) in [7, 11) is 0. The van der Waals surface area contributed by atoms with Gasteiger partial charge in [-0.1, -0.05) is 62.4 Å². The Balaban J connectivity index is 1.60. The summed E-state index contributed by atoms with van der Waals surface area (Å²) in [4.78, 5) is 31.5. The van der Waals surface area contributed by atoms with E-state index in [-0.39, 0.29) is 41.4 Å². The number of aromatic nitrogens is 1. The second-order valence-electron chi connectivity index (χ2n) is 11.5. The zero-order chi connectivity index (χ0) is 27.2. The smallest absolute Gasteiger partial charge is 0.235 e. The number of hydrogen-bond donors (Lipinski definition) is 4. The van der Waals surface area contributed by atoms with Gasteiger partial charge in [-0.05, 0) is 67.4 Å². The van der Waals surface area contributed by atoms with E-state index in [9.17, 15) is 19.8 Å². The number of aliphatic hydroxyl groups excluding tert-OH is 2. The molecule has 2 fully saturated rings. The van der Waals surface area contributed by atoms with Gasteiger partial charge in [-0.15, -0.1) is 0 Å². The number of carbonyl (C=O) groups is 2. The topological polar surface area (TPSA) is 102 Å². The van der Waals surface area contributed by atoms with Gasteiger partial charge >= 0.3 is 0 Å². The molecular formula is C32H38N2O4. The lowest BCUT2D eigenvalue weighted by atomic mass is 9.53. The van der Waals surface area contributed by atoms with Crippen LogP contribution in [0, 0.1) is 29.1 Å².